The van der Waals surface area contributed by atoms with Gasteiger partial charge in [0.1, 0.15) is 10.1 Å². The Morgan fingerprint density at radius 1 is 0.879 bits per heavy atom. The minimum Gasteiger partial charge on any atom is -0.744 e. The number of nitrogen functional groups attached to an aromatic ring is 1. The number of nitrogens with one attached hydrogen (secondary N) is 1. The molecular formula is C21H12F3N2NaO5S. The van der Waals surface area contributed by atoms with E-state index in [9.17, 15) is 35.7 Å². The Bertz CT molecular complexity index is 1420. The van der Waals surface area contributed by atoms with Gasteiger partial charge in [0.05, 0.1) is 33.0 Å². The monoisotopic (exact) mass is 484 g/mol. The zero-order chi connectivity index (χ0) is 23.4. The van der Waals surface area contributed by atoms with Crippen LogP contribution in [0.5, 0.6) is 0 Å². The van der Waals surface area contributed by atoms with Gasteiger partial charge < -0.3 is 15.6 Å². The van der Waals surface area contributed by atoms with Crippen molar-refractivity contribution < 1.29 is 65.3 Å². The normalized spacial score (nSPS) is 13.1. The summed E-state index contributed by atoms with van der Waals surface area (Å²) < 4.78 is 74.5. The third kappa shape index (κ3) is 4.42. The van der Waals surface area contributed by atoms with Crippen molar-refractivity contribution in [2.75, 3.05) is 11.1 Å². The Kier molecular flexibility index (Phi) is 6.48. The summed E-state index contributed by atoms with van der Waals surface area (Å²) in [4.78, 5) is 25.2. The molecule has 3 aromatic carbocycles. The Balaban J connectivity index is 0.00000306. The summed E-state index contributed by atoms with van der Waals surface area (Å²) in [6, 6.07) is 10.4. The molecule has 0 aromatic heterocycles. The minimum atomic E-state index is -5.19. The molecule has 12 heteroatoms. The average molecular weight is 484 g/mol. The van der Waals surface area contributed by atoms with Crippen LogP contribution in [0.25, 0.3) is 0 Å². The summed E-state index contributed by atoms with van der Waals surface area (Å²) in [5.74, 6) is -1.49. The van der Waals surface area contributed by atoms with E-state index in [1.165, 1.54) is 30.3 Å². The van der Waals surface area contributed by atoms with E-state index in [1.807, 2.05) is 0 Å². The van der Waals surface area contributed by atoms with Crippen molar-refractivity contribution in [2.45, 2.75) is 11.1 Å². The van der Waals surface area contributed by atoms with Crippen molar-refractivity contribution >= 4 is 38.7 Å². The molecule has 7 nitrogen and oxygen atoms in total. The summed E-state index contributed by atoms with van der Waals surface area (Å²) >= 11 is 0. The number of carbonyl (C=O) groups excluding carboxylic acids is 2. The zero-order valence-corrected chi connectivity index (χ0v) is 19.7. The van der Waals surface area contributed by atoms with Gasteiger partial charge in [-0.05, 0) is 24.3 Å². The summed E-state index contributed by atoms with van der Waals surface area (Å²) in [5.41, 5.74) is 2.76. The molecule has 0 amide bonds. The summed E-state index contributed by atoms with van der Waals surface area (Å²) in [6.45, 7) is 0. The van der Waals surface area contributed by atoms with Crippen molar-refractivity contribution in [3.63, 3.8) is 0 Å². The molecule has 0 spiro atoms. The third-order valence-electron chi connectivity index (χ3n) is 4.94. The van der Waals surface area contributed by atoms with E-state index >= 15 is 0 Å². The van der Waals surface area contributed by atoms with Crippen molar-refractivity contribution in [2.24, 2.45) is 0 Å². The second kappa shape index (κ2) is 8.58. The van der Waals surface area contributed by atoms with E-state index in [4.69, 9.17) is 5.73 Å². The number of alkyl halides is 3. The van der Waals surface area contributed by atoms with Gasteiger partial charge in [0.15, 0.2) is 11.6 Å². The number of anilines is 3. The second-order valence-corrected chi connectivity index (χ2v) is 8.30. The zero-order valence-electron chi connectivity index (χ0n) is 16.9. The van der Waals surface area contributed by atoms with E-state index in [-0.39, 0.29) is 57.6 Å². The number of hydrogen-bond acceptors (Lipinski definition) is 7. The van der Waals surface area contributed by atoms with Crippen molar-refractivity contribution in [1.82, 2.24) is 0 Å². The van der Waals surface area contributed by atoms with E-state index in [0.717, 1.165) is 24.3 Å². The van der Waals surface area contributed by atoms with E-state index < -0.39 is 49.6 Å². The topological polar surface area (TPSA) is 129 Å². The molecule has 0 saturated carbocycles. The first-order chi connectivity index (χ1) is 14.9. The largest absolute Gasteiger partial charge is 1.00 e. The fraction of sp³-hybridized carbons (Fsp3) is 0.0476. The van der Waals surface area contributed by atoms with Crippen molar-refractivity contribution in [3.8, 4) is 0 Å². The fourth-order valence-electron chi connectivity index (χ4n) is 3.53. The maximum atomic E-state index is 13.1. The fourth-order valence-corrected chi connectivity index (χ4v) is 4.16. The Morgan fingerprint density at radius 3 is 2.00 bits per heavy atom. The molecule has 1 aliphatic carbocycles. The number of ketones is 2. The van der Waals surface area contributed by atoms with Crippen LogP contribution in [-0.4, -0.2) is 24.5 Å². The predicted molar refractivity (Wildman–Crippen MR) is 107 cm³/mol. The maximum Gasteiger partial charge on any atom is 1.00 e. The van der Waals surface area contributed by atoms with Gasteiger partial charge in [-0.3, -0.25) is 9.59 Å². The summed E-state index contributed by atoms with van der Waals surface area (Å²) in [5, 5.41) is 2.53. The number of hydrogen-bond donors (Lipinski definition) is 2. The van der Waals surface area contributed by atoms with Crippen LogP contribution in [0.2, 0.25) is 0 Å². The van der Waals surface area contributed by atoms with Gasteiger partial charge in [0.2, 0.25) is 0 Å². The van der Waals surface area contributed by atoms with Crippen LogP contribution in [-0.2, 0) is 16.3 Å². The number of nitrogens with two attached hydrogens (primary N) is 1. The Labute approximate surface area is 207 Å². The van der Waals surface area contributed by atoms with Gasteiger partial charge in [0, 0.05) is 16.8 Å². The number of rotatable bonds is 3. The molecule has 0 heterocycles. The molecule has 164 valence electrons. The quantitative estimate of drug-likeness (QED) is 0.249. The van der Waals surface area contributed by atoms with E-state index in [0.29, 0.717) is 0 Å². The standard InChI is InChI=1S/C21H13F3N2O5S.Na/c22-21(23,24)10-4-3-5-11(8-10)26-14-9-15(32(29,30)31)18(25)17-16(14)19(27)12-6-1-2-7-13(12)20(17)28;/h1-9,26H,25H2,(H,29,30,31);/q;+1/p-1. The first-order valence-corrected chi connectivity index (χ1v) is 10.4. The van der Waals surface area contributed by atoms with Gasteiger partial charge in [-0.1, -0.05) is 30.3 Å². The molecule has 3 aromatic rings. The first-order valence-electron chi connectivity index (χ1n) is 8.94. The van der Waals surface area contributed by atoms with Crippen molar-refractivity contribution in [3.05, 3.63) is 82.4 Å². The van der Waals surface area contributed by atoms with Gasteiger partial charge in [-0.25, -0.2) is 8.42 Å². The SMILES string of the molecule is Nc1c(S(=O)(=O)[O-])cc(Nc2cccc(C(F)(F)F)c2)c2c1C(=O)c1ccccc1C2=O.[Na+]. The van der Waals surface area contributed by atoms with Gasteiger partial charge >= 0.3 is 35.7 Å². The van der Waals surface area contributed by atoms with Crippen LogP contribution in [0.15, 0.2) is 59.5 Å². The molecule has 0 radical (unpaired) electrons. The first kappa shape index (κ1) is 24.9. The number of benzene rings is 3. The van der Waals surface area contributed by atoms with Crippen LogP contribution < -0.4 is 40.6 Å². The molecule has 4 rings (SSSR count). The smallest absolute Gasteiger partial charge is 0.744 e. The summed E-state index contributed by atoms with van der Waals surface area (Å²) in [6.07, 6.45) is -4.66. The Hall–Kier alpha value is -2.70. The molecule has 0 aliphatic heterocycles. The van der Waals surface area contributed by atoms with E-state index in [2.05, 4.69) is 5.32 Å². The van der Waals surface area contributed by atoms with Crippen LogP contribution in [0.3, 0.4) is 0 Å². The second-order valence-electron chi connectivity index (χ2n) is 6.95. The average Bonchev–Trinajstić information content (AvgIpc) is 2.71. The van der Waals surface area contributed by atoms with Crippen LogP contribution in [0.4, 0.5) is 30.2 Å². The Morgan fingerprint density at radius 2 is 1.45 bits per heavy atom. The molecule has 0 fully saturated rings. The third-order valence-corrected chi connectivity index (χ3v) is 5.81. The van der Waals surface area contributed by atoms with Crippen molar-refractivity contribution in [1.29, 1.82) is 0 Å². The number of halogens is 3. The molecular weight excluding hydrogens is 472 g/mol. The van der Waals surface area contributed by atoms with Crippen LogP contribution in [0.1, 0.15) is 37.4 Å². The van der Waals surface area contributed by atoms with Gasteiger partial charge in [-0.2, -0.15) is 13.2 Å². The maximum absolute atomic E-state index is 13.1. The van der Waals surface area contributed by atoms with Gasteiger partial charge in [0.25, 0.3) is 0 Å². The van der Waals surface area contributed by atoms with Crippen LogP contribution >= 0.6 is 0 Å². The molecule has 0 atom stereocenters. The molecule has 0 bridgehead atoms. The molecule has 0 unspecified atom stereocenters. The molecule has 33 heavy (non-hydrogen) atoms. The van der Waals surface area contributed by atoms with Crippen LogP contribution in [0, 0.1) is 0 Å². The number of carbonyl (C=O) groups is 2. The predicted octanol–water partition coefficient (Wildman–Crippen LogP) is 0.715. The number of fused-ring (bicyclic) bond motifs is 2. The van der Waals surface area contributed by atoms with Gasteiger partial charge in [-0.15, -0.1) is 0 Å². The molecule has 1 aliphatic rings. The molecule has 0 saturated heterocycles. The minimum absolute atomic E-state index is 0. The molecule has 3 N–H and O–H groups in total. The van der Waals surface area contributed by atoms with E-state index in [1.54, 1.807) is 0 Å². The summed E-state index contributed by atoms with van der Waals surface area (Å²) in [7, 11) is -5.19.